The van der Waals surface area contributed by atoms with Crippen molar-refractivity contribution in [3.8, 4) is 5.75 Å². The summed E-state index contributed by atoms with van der Waals surface area (Å²) in [7, 11) is 0. The van der Waals surface area contributed by atoms with Gasteiger partial charge in [-0.3, -0.25) is 0 Å². The number of carbonyl (C=O) groups is 1. The highest BCUT2D eigenvalue weighted by Crippen LogP contribution is 2.22. The summed E-state index contributed by atoms with van der Waals surface area (Å²) in [5.74, 6) is 0.875. The number of carbonyl (C=O) groups excluding carboxylic acids is 1. The molecule has 18 heavy (non-hydrogen) atoms. The number of aldehydes is 1. The highest BCUT2D eigenvalue weighted by Gasteiger charge is 2.04. The minimum absolute atomic E-state index is 0.222. The van der Waals surface area contributed by atoms with E-state index in [1.165, 1.54) is 25.7 Å². The maximum atomic E-state index is 10.6. The summed E-state index contributed by atoms with van der Waals surface area (Å²) in [5, 5.41) is 0. The Morgan fingerprint density at radius 2 is 1.83 bits per heavy atom. The fraction of sp³-hybridized carbons (Fsp3) is 0.533. The molecule has 1 unspecified atom stereocenters. The number of alkyl halides is 1. The van der Waals surface area contributed by atoms with E-state index in [0.717, 1.165) is 30.6 Å². The third-order valence-corrected chi connectivity index (χ3v) is 3.58. The normalized spacial score (nSPS) is 12.1. The van der Waals surface area contributed by atoms with Crippen molar-refractivity contribution in [1.29, 1.82) is 0 Å². The number of rotatable bonds is 9. The van der Waals surface area contributed by atoms with E-state index in [0.29, 0.717) is 0 Å². The lowest BCUT2D eigenvalue weighted by atomic mass is 10.1. The lowest BCUT2D eigenvalue weighted by Crippen LogP contribution is -1.98. The van der Waals surface area contributed by atoms with Gasteiger partial charge in [0.1, 0.15) is 12.0 Å². The van der Waals surface area contributed by atoms with E-state index in [4.69, 9.17) is 4.74 Å². The zero-order valence-corrected chi connectivity index (χ0v) is 12.5. The molecular weight excluding hydrogens is 292 g/mol. The lowest BCUT2D eigenvalue weighted by molar-refractivity contribution is -0.107. The molecule has 0 radical (unpaired) electrons. The maximum absolute atomic E-state index is 10.6. The quantitative estimate of drug-likeness (QED) is 0.376. The molecule has 1 aromatic rings. The van der Waals surface area contributed by atoms with Crippen LogP contribution in [0.2, 0.25) is 0 Å². The van der Waals surface area contributed by atoms with Crippen LogP contribution in [-0.4, -0.2) is 12.9 Å². The van der Waals surface area contributed by atoms with Gasteiger partial charge in [-0.25, -0.2) is 0 Å². The van der Waals surface area contributed by atoms with Crippen LogP contribution in [0.3, 0.4) is 0 Å². The molecular formula is C15H21BrO2. The van der Waals surface area contributed by atoms with Crippen LogP contribution in [0, 0.1) is 0 Å². The van der Waals surface area contributed by atoms with Crippen LogP contribution in [-0.2, 0) is 4.79 Å². The molecule has 2 nitrogen and oxygen atoms in total. The summed E-state index contributed by atoms with van der Waals surface area (Å²) in [6.07, 6.45) is 7.10. The monoisotopic (exact) mass is 312 g/mol. The molecule has 0 saturated heterocycles. The molecule has 1 atom stereocenters. The van der Waals surface area contributed by atoms with Crippen molar-refractivity contribution in [2.24, 2.45) is 0 Å². The Morgan fingerprint density at radius 1 is 1.17 bits per heavy atom. The maximum Gasteiger partial charge on any atom is 0.138 e. The summed E-state index contributed by atoms with van der Waals surface area (Å²) >= 11 is 3.29. The second-order valence-electron chi connectivity index (χ2n) is 4.37. The zero-order valence-electron chi connectivity index (χ0n) is 10.9. The Morgan fingerprint density at radius 3 is 2.44 bits per heavy atom. The van der Waals surface area contributed by atoms with Gasteiger partial charge in [-0.15, -0.1) is 0 Å². The minimum atomic E-state index is -0.222. The molecule has 1 rings (SSSR count). The number of hydrogen-bond acceptors (Lipinski definition) is 2. The summed E-state index contributed by atoms with van der Waals surface area (Å²) in [6.45, 7) is 2.99. The topological polar surface area (TPSA) is 26.3 Å². The van der Waals surface area contributed by atoms with Crippen LogP contribution in [0.15, 0.2) is 24.3 Å². The first-order chi connectivity index (χ1) is 8.77. The van der Waals surface area contributed by atoms with Crippen LogP contribution in [0.1, 0.15) is 49.4 Å². The Labute approximate surface area is 118 Å². The predicted molar refractivity (Wildman–Crippen MR) is 78.4 cm³/mol. The smallest absolute Gasteiger partial charge is 0.138 e. The molecule has 0 amide bonds. The van der Waals surface area contributed by atoms with Crippen molar-refractivity contribution >= 4 is 22.2 Å². The molecule has 0 aliphatic heterocycles. The molecule has 0 heterocycles. The number of hydrogen-bond donors (Lipinski definition) is 0. The van der Waals surface area contributed by atoms with E-state index in [9.17, 15) is 4.79 Å². The van der Waals surface area contributed by atoms with Gasteiger partial charge in [-0.2, -0.15) is 0 Å². The lowest BCUT2D eigenvalue weighted by Gasteiger charge is -2.07. The molecule has 0 aromatic heterocycles. The zero-order chi connectivity index (χ0) is 13.2. The summed E-state index contributed by atoms with van der Waals surface area (Å²) in [4.78, 5) is 10.4. The standard InChI is InChI=1S/C15H21BrO2/c1-2-3-4-5-6-11-18-14-9-7-13(8-10-14)15(16)12-17/h7-10,12,15H,2-6,11H2,1H3. The average molecular weight is 313 g/mol. The SMILES string of the molecule is CCCCCCCOc1ccc(C(Br)C=O)cc1. The average Bonchev–Trinajstić information content (AvgIpc) is 2.42. The molecule has 0 fully saturated rings. The van der Waals surface area contributed by atoms with Crippen LogP contribution in [0.25, 0.3) is 0 Å². The van der Waals surface area contributed by atoms with Crippen LogP contribution < -0.4 is 4.74 Å². The molecule has 1 aromatic carbocycles. The van der Waals surface area contributed by atoms with Crippen molar-refractivity contribution in [3.05, 3.63) is 29.8 Å². The Bertz CT molecular complexity index is 335. The third-order valence-electron chi connectivity index (χ3n) is 2.83. The van der Waals surface area contributed by atoms with Crippen molar-refractivity contribution in [2.45, 2.75) is 43.9 Å². The van der Waals surface area contributed by atoms with E-state index >= 15 is 0 Å². The van der Waals surface area contributed by atoms with Crippen molar-refractivity contribution in [1.82, 2.24) is 0 Å². The second kappa shape index (κ2) is 9.15. The minimum Gasteiger partial charge on any atom is -0.494 e. The molecule has 0 aliphatic rings. The third kappa shape index (κ3) is 5.67. The number of unbranched alkanes of at least 4 members (excludes halogenated alkanes) is 4. The van der Waals surface area contributed by atoms with E-state index < -0.39 is 0 Å². The van der Waals surface area contributed by atoms with Crippen LogP contribution in [0.5, 0.6) is 5.75 Å². The van der Waals surface area contributed by atoms with Crippen molar-refractivity contribution in [3.63, 3.8) is 0 Å². The van der Waals surface area contributed by atoms with Crippen molar-refractivity contribution in [2.75, 3.05) is 6.61 Å². The molecule has 0 aliphatic carbocycles. The van der Waals surface area contributed by atoms with Crippen LogP contribution >= 0.6 is 15.9 Å². The molecule has 0 N–H and O–H groups in total. The van der Waals surface area contributed by atoms with Gasteiger partial charge in [0.25, 0.3) is 0 Å². The summed E-state index contributed by atoms with van der Waals surface area (Å²) in [5.41, 5.74) is 0.959. The number of halogens is 1. The molecule has 100 valence electrons. The number of benzene rings is 1. The van der Waals surface area contributed by atoms with Gasteiger partial charge in [0, 0.05) is 0 Å². The van der Waals surface area contributed by atoms with Gasteiger partial charge in [0.15, 0.2) is 0 Å². The summed E-state index contributed by atoms with van der Waals surface area (Å²) < 4.78 is 5.65. The van der Waals surface area contributed by atoms with Crippen LogP contribution in [0.4, 0.5) is 0 Å². The van der Waals surface area contributed by atoms with Gasteiger partial charge in [0.05, 0.1) is 11.4 Å². The van der Waals surface area contributed by atoms with E-state index in [1.807, 2.05) is 24.3 Å². The van der Waals surface area contributed by atoms with E-state index in [2.05, 4.69) is 22.9 Å². The largest absolute Gasteiger partial charge is 0.494 e. The van der Waals surface area contributed by atoms with E-state index in [1.54, 1.807) is 0 Å². The second-order valence-corrected chi connectivity index (χ2v) is 5.36. The Balaban J connectivity index is 2.24. The fourth-order valence-electron chi connectivity index (χ4n) is 1.72. The predicted octanol–water partition coefficient (Wildman–Crippen LogP) is 4.67. The first-order valence-corrected chi connectivity index (χ1v) is 7.51. The number of ether oxygens (including phenoxy) is 1. The van der Waals surface area contributed by atoms with E-state index in [-0.39, 0.29) is 4.83 Å². The summed E-state index contributed by atoms with van der Waals surface area (Å²) in [6, 6.07) is 7.67. The Hall–Kier alpha value is -0.830. The van der Waals surface area contributed by atoms with Gasteiger partial charge < -0.3 is 9.53 Å². The molecule has 3 heteroatoms. The van der Waals surface area contributed by atoms with Gasteiger partial charge in [-0.05, 0) is 24.1 Å². The Kier molecular flexibility index (Phi) is 7.74. The van der Waals surface area contributed by atoms with Gasteiger partial charge in [-0.1, -0.05) is 60.7 Å². The first kappa shape index (κ1) is 15.2. The van der Waals surface area contributed by atoms with Crippen molar-refractivity contribution < 1.29 is 9.53 Å². The highest BCUT2D eigenvalue weighted by molar-refractivity contribution is 9.09. The van der Waals surface area contributed by atoms with Gasteiger partial charge in [0.2, 0.25) is 0 Å². The molecule has 0 bridgehead atoms. The van der Waals surface area contributed by atoms with Gasteiger partial charge >= 0.3 is 0 Å². The molecule has 0 saturated carbocycles. The molecule has 0 spiro atoms. The fourth-order valence-corrected chi connectivity index (χ4v) is 2.03. The highest BCUT2D eigenvalue weighted by atomic mass is 79.9. The first-order valence-electron chi connectivity index (χ1n) is 6.60.